The third kappa shape index (κ3) is 3.00. The lowest BCUT2D eigenvalue weighted by atomic mass is 9.95. The fourth-order valence-electron chi connectivity index (χ4n) is 2.96. The van der Waals surface area contributed by atoms with Crippen LogP contribution in [0.3, 0.4) is 0 Å². The van der Waals surface area contributed by atoms with E-state index in [9.17, 15) is 9.90 Å². The summed E-state index contributed by atoms with van der Waals surface area (Å²) < 4.78 is 6.00. The molecule has 3 N–H and O–H groups in total. The van der Waals surface area contributed by atoms with Gasteiger partial charge in [-0.25, -0.2) is 9.36 Å². The molecule has 136 valence electrons. The SMILES string of the molecule is CCOC(=O)n1cc2nc(C)c(CN)c(-c3ccc(Cl)cc3Cl)c2c1O. The standard InChI is InChI=1S/C18H17Cl2N3O3/c1-3-26-18(25)23-8-14-16(17(23)24)15(12(7-21)9(2)22-14)11-5-4-10(19)6-13(11)20/h4-6,8,24H,3,7,21H2,1-2H3. The molecule has 0 amide bonds. The fourth-order valence-corrected chi connectivity index (χ4v) is 3.46. The van der Waals surface area contributed by atoms with Gasteiger partial charge in [-0.1, -0.05) is 29.3 Å². The molecular weight excluding hydrogens is 377 g/mol. The first-order valence-electron chi connectivity index (χ1n) is 7.95. The predicted octanol–water partition coefficient (Wildman–Crippen LogP) is 4.49. The number of fused-ring (bicyclic) bond motifs is 1. The summed E-state index contributed by atoms with van der Waals surface area (Å²) >= 11 is 12.4. The second-order valence-corrected chi connectivity index (χ2v) is 6.50. The van der Waals surface area contributed by atoms with Crippen molar-refractivity contribution in [3.05, 3.63) is 45.7 Å². The number of rotatable bonds is 3. The van der Waals surface area contributed by atoms with Crippen molar-refractivity contribution >= 4 is 40.2 Å². The minimum Gasteiger partial charge on any atom is -0.494 e. The number of nitrogens with two attached hydrogens (primary N) is 1. The summed E-state index contributed by atoms with van der Waals surface area (Å²) in [5, 5.41) is 12.0. The van der Waals surface area contributed by atoms with Crippen molar-refractivity contribution in [2.24, 2.45) is 5.73 Å². The Kier molecular flexibility index (Phi) is 5.09. The number of hydrogen-bond acceptors (Lipinski definition) is 5. The number of aryl methyl sites for hydroxylation is 1. The van der Waals surface area contributed by atoms with E-state index in [2.05, 4.69) is 4.98 Å². The van der Waals surface area contributed by atoms with Crippen LogP contribution in [0, 0.1) is 6.92 Å². The summed E-state index contributed by atoms with van der Waals surface area (Å²) in [5.41, 5.74) is 9.04. The van der Waals surface area contributed by atoms with Crippen LogP contribution in [-0.2, 0) is 11.3 Å². The van der Waals surface area contributed by atoms with Gasteiger partial charge in [0.15, 0.2) is 0 Å². The van der Waals surface area contributed by atoms with Crippen LogP contribution in [0.15, 0.2) is 24.4 Å². The summed E-state index contributed by atoms with van der Waals surface area (Å²) in [4.78, 5) is 16.6. The van der Waals surface area contributed by atoms with Crippen LogP contribution < -0.4 is 5.73 Å². The van der Waals surface area contributed by atoms with Crippen LogP contribution in [0.25, 0.3) is 22.0 Å². The average Bonchev–Trinajstić information content (AvgIpc) is 2.90. The molecule has 0 saturated carbocycles. The van der Waals surface area contributed by atoms with Gasteiger partial charge in [0.25, 0.3) is 0 Å². The lowest BCUT2D eigenvalue weighted by Crippen LogP contribution is -2.11. The van der Waals surface area contributed by atoms with Crippen molar-refractivity contribution in [3.63, 3.8) is 0 Å². The Hall–Kier alpha value is -2.28. The molecule has 1 aromatic carbocycles. The maximum Gasteiger partial charge on any atom is 0.420 e. The molecule has 26 heavy (non-hydrogen) atoms. The molecule has 0 aliphatic heterocycles. The van der Waals surface area contributed by atoms with E-state index in [0.717, 1.165) is 10.1 Å². The van der Waals surface area contributed by atoms with Gasteiger partial charge in [-0.3, -0.25) is 4.98 Å². The molecule has 0 unspecified atom stereocenters. The van der Waals surface area contributed by atoms with Crippen LogP contribution in [0.5, 0.6) is 5.88 Å². The normalized spacial score (nSPS) is 11.1. The van der Waals surface area contributed by atoms with E-state index in [-0.39, 0.29) is 19.0 Å². The second kappa shape index (κ2) is 7.15. The van der Waals surface area contributed by atoms with Gasteiger partial charge in [0.2, 0.25) is 5.88 Å². The molecule has 0 atom stereocenters. The van der Waals surface area contributed by atoms with E-state index in [0.29, 0.717) is 37.8 Å². The Balaban J connectivity index is 2.40. The van der Waals surface area contributed by atoms with Gasteiger partial charge in [-0.15, -0.1) is 0 Å². The molecule has 6 nitrogen and oxygen atoms in total. The van der Waals surface area contributed by atoms with Crippen molar-refractivity contribution in [3.8, 4) is 17.0 Å². The summed E-state index contributed by atoms with van der Waals surface area (Å²) in [7, 11) is 0. The zero-order valence-corrected chi connectivity index (χ0v) is 15.7. The molecule has 8 heteroatoms. The summed E-state index contributed by atoms with van der Waals surface area (Å²) in [6.45, 7) is 3.87. The molecule has 0 aliphatic rings. The van der Waals surface area contributed by atoms with Crippen molar-refractivity contribution in [2.45, 2.75) is 20.4 Å². The first-order chi connectivity index (χ1) is 12.4. The van der Waals surface area contributed by atoms with Gasteiger partial charge in [0.1, 0.15) is 0 Å². The van der Waals surface area contributed by atoms with Crippen LogP contribution in [0.4, 0.5) is 4.79 Å². The predicted molar refractivity (Wildman–Crippen MR) is 102 cm³/mol. The molecule has 0 aliphatic carbocycles. The third-order valence-electron chi connectivity index (χ3n) is 4.11. The Labute approximate surface area is 160 Å². The Morgan fingerprint density at radius 3 is 2.73 bits per heavy atom. The number of carbonyl (C=O) groups is 1. The zero-order valence-electron chi connectivity index (χ0n) is 14.2. The molecule has 2 aromatic heterocycles. The van der Waals surface area contributed by atoms with Crippen LogP contribution in [0.1, 0.15) is 18.2 Å². The first-order valence-corrected chi connectivity index (χ1v) is 8.70. The van der Waals surface area contributed by atoms with E-state index >= 15 is 0 Å². The van der Waals surface area contributed by atoms with Crippen LogP contribution >= 0.6 is 23.2 Å². The van der Waals surface area contributed by atoms with Gasteiger partial charge >= 0.3 is 6.09 Å². The molecule has 3 aromatic rings. The highest BCUT2D eigenvalue weighted by molar-refractivity contribution is 6.36. The van der Waals surface area contributed by atoms with E-state index < -0.39 is 6.09 Å². The number of benzene rings is 1. The number of carbonyl (C=O) groups excluding carboxylic acids is 1. The number of hydrogen-bond donors (Lipinski definition) is 2. The number of ether oxygens (including phenoxy) is 1. The molecule has 0 fully saturated rings. The summed E-state index contributed by atoms with van der Waals surface area (Å²) in [6.07, 6.45) is 0.742. The van der Waals surface area contributed by atoms with E-state index in [1.165, 1.54) is 6.20 Å². The largest absolute Gasteiger partial charge is 0.494 e. The quantitative estimate of drug-likeness (QED) is 0.683. The third-order valence-corrected chi connectivity index (χ3v) is 4.65. The summed E-state index contributed by atoms with van der Waals surface area (Å²) in [6, 6.07) is 5.06. The van der Waals surface area contributed by atoms with Crippen molar-refractivity contribution in [1.29, 1.82) is 0 Å². The van der Waals surface area contributed by atoms with Crippen molar-refractivity contribution < 1.29 is 14.6 Å². The first kappa shape index (κ1) is 18.5. The number of pyridine rings is 1. The molecule has 0 saturated heterocycles. The van der Waals surface area contributed by atoms with E-state index in [1.54, 1.807) is 25.1 Å². The smallest absolute Gasteiger partial charge is 0.420 e. The molecule has 3 rings (SSSR count). The van der Waals surface area contributed by atoms with Crippen molar-refractivity contribution in [2.75, 3.05) is 6.61 Å². The average molecular weight is 394 g/mol. The minimum absolute atomic E-state index is 0.184. The number of nitrogens with zero attached hydrogens (tertiary/aromatic N) is 2. The maximum atomic E-state index is 12.1. The van der Waals surface area contributed by atoms with Gasteiger partial charge in [-0.05, 0) is 31.5 Å². The minimum atomic E-state index is -0.692. The topological polar surface area (TPSA) is 90.4 Å². The lowest BCUT2D eigenvalue weighted by molar-refractivity contribution is 0.151. The lowest BCUT2D eigenvalue weighted by Gasteiger charge is -2.14. The number of aromatic hydroxyl groups is 1. The van der Waals surface area contributed by atoms with Gasteiger partial charge in [0, 0.05) is 39.6 Å². The highest BCUT2D eigenvalue weighted by atomic mass is 35.5. The van der Waals surface area contributed by atoms with Crippen LogP contribution in [-0.4, -0.2) is 27.4 Å². The highest BCUT2D eigenvalue weighted by Gasteiger charge is 2.24. The Bertz CT molecular complexity index is 1010. The van der Waals surface area contributed by atoms with E-state index in [4.69, 9.17) is 33.7 Å². The number of aromatic nitrogens is 2. The Morgan fingerprint density at radius 1 is 1.38 bits per heavy atom. The van der Waals surface area contributed by atoms with Crippen molar-refractivity contribution in [1.82, 2.24) is 9.55 Å². The number of halogens is 2. The van der Waals surface area contributed by atoms with E-state index in [1.807, 2.05) is 6.92 Å². The monoisotopic (exact) mass is 393 g/mol. The molecule has 0 radical (unpaired) electrons. The summed E-state index contributed by atoms with van der Waals surface area (Å²) in [5.74, 6) is -0.276. The molecule has 0 spiro atoms. The fraction of sp³-hybridized carbons (Fsp3) is 0.222. The van der Waals surface area contributed by atoms with Gasteiger partial charge in [0.05, 0.1) is 17.5 Å². The molecular formula is C18H17Cl2N3O3. The van der Waals surface area contributed by atoms with Gasteiger partial charge in [-0.2, -0.15) is 0 Å². The maximum absolute atomic E-state index is 12.1. The van der Waals surface area contributed by atoms with Crippen LogP contribution in [0.2, 0.25) is 10.0 Å². The molecule has 2 heterocycles. The van der Waals surface area contributed by atoms with Gasteiger partial charge < -0.3 is 15.6 Å². The highest BCUT2D eigenvalue weighted by Crippen LogP contribution is 2.42. The Morgan fingerprint density at radius 2 is 2.12 bits per heavy atom. The zero-order chi connectivity index (χ0) is 19.0. The molecule has 0 bridgehead atoms. The second-order valence-electron chi connectivity index (χ2n) is 5.66.